The maximum atomic E-state index is 9.78. The molecule has 0 aliphatic carbocycles. The van der Waals surface area contributed by atoms with Crippen molar-refractivity contribution in [2.45, 2.75) is 37.6 Å². The SMILES string of the molecule is OCC1CCC2C(NCC2C2CNC[C@H](O)C2)N1. The third-order valence-corrected chi connectivity index (χ3v) is 5.00. The zero-order valence-corrected chi connectivity index (χ0v) is 10.8. The van der Waals surface area contributed by atoms with Crippen molar-refractivity contribution >= 4 is 0 Å². The maximum Gasteiger partial charge on any atom is 0.0667 e. The van der Waals surface area contributed by atoms with E-state index in [0.717, 1.165) is 32.5 Å². The average Bonchev–Trinajstić information content (AvgIpc) is 2.81. The molecule has 5 heteroatoms. The Morgan fingerprint density at radius 1 is 1.06 bits per heavy atom. The van der Waals surface area contributed by atoms with Gasteiger partial charge in [0.2, 0.25) is 0 Å². The summed E-state index contributed by atoms with van der Waals surface area (Å²) in [5, 5.41) is 29.4. The molecule has 5 nitrogen and oxygen atoms in total. The Morgan fingerprint density at radius 2 is 1.94 bits per heavy atom. The molecule has 0 saturated carbocycles. The number of nitrogens with one attached hydrogen (secondary N) is 3. The number of rotatable bonds is 2. The van der Waals surface area contributed by atoms with Gasteiger partial charge in [0.1, 0.15) is 0 Å². The van der Waals surface area contributed by atoms with Crippen LogP contribution in [0.1, 0.15) is 19.3 Å². The summed E-state index contributed by atoms with van der Waals surface area (Å²) < 4.78 is 0. The van der Waals surface area contributed by atoms with Crippen LogP contribution in [0.2, 0.25) is 0 Å². The third-order valence-electron chi connectivity index (χ3n) is 5.00. The predicted molar refractivity (Wildman–Crippen MR) is 69.0 cm³/mol. The Hall–Kier alpha value is -0.200. The number of hydrogen-bond donors (Lipinski definition) is 5. The first kappa shape index (κ1) is 12.8. The van der Waals surface area contributed by atoms with E-state index in [1.807, 2.05) is 0 Å². The van der Waals surface area contributed by atoms with Gasteiger partial charge in [-0.05, 0) is 43.6 Å². The molecule has 3 fully saturated rings. The van der Waals surface area contributed by atoms with E-state index >= 15 is 0 Å². The van der Waals surface area contributed by atoms with E-state index < -0.39 is 0 Å². The molecule has 0 amide bonds. The van der Waals surface area contributed by atoms with E-state index in [1.54, 1.807) is 0 Å². The van der Waals surface area contributed by atoms with Crippen LogP contribution in [0.5, 0.6) is 0 Å². The summed E-state index contributed by atoms with van der Waals surface area (Å²) in [6.45, 7) is 3.06. The second-order valence-corrected chi connectivity index (χ2v) is 6.14. The number of fused-ring (bicyclic) bond motifs is 1. The molecule has 3 rings (SSSR count). The van der Waals surface area contributed by atoms with Gasteiger partial charge in [-0.2, -0.15) is 0 Å². The molecule has 5 unspecified atom stereocenters. The highest BCUT2D eigenvalue weighted by atomic mass is 16.3. The van der Waals surface area contributed by atoms with Crippen LogP contribution in [0.25, 0.3) is 0 Å². The van der Waals surface area contributed by atoms with Crippen molar-refractivity contribution in [2.24, 2.45) is 17.8 Å². The quantitative estimate of drug-likeness (QED) is 0.431. The Bertz CT molecular complexity index is 289. The van der Waals surface area contributed by atoms with Gasteiger partial charge >= 0.3 is 0 Å². The molecule has 0 aromatic rings. The Kier molecular flexibility index (Phi) is 3.86. The fourth-order valence-electron chi connectivity index (χ4n) is 4.05. The van der Waals surface area contributed by atoms with Crippen LogP contribution in [-0.4, -0.2) is 54.8 Å². The summed E-state index contributed by atoms with van der Waals surface area (Å²) in [5.74, 6) is 1.90. The number of aliphatic hydroxyl groups is 2. The first-order valence-electron chi connectivity index (χ1n) is 7.27. The zero-order chi connectivity index (χ0) is 12.5. The first-order chi connectivity index (χ1) is 8.78. The summed E-state index contributed by atoms with van der Waals surface area (Å²) in [5.41, 5.74) is 0. The Balaban J connectivity index is 1.62. The van der Waals surface area contributed by atoms with Gasteiger partial charge in [0.15, 0.2) is 0 Å². The molecule has 104 valence electrons. The topological polar surface area (TPSA) is 76.5 Å². The van der Waals surface area contributed by atoms with Crippen LogP contribution in [0.15, 0.2) is 0 Å². The number of piperidine rings is 2. The highest BCUT2D eigenvalue weighted by Crippen LogP contribution is 2.37. The van der Waals surface area contributed by atoms with Crippen molar-refractivity contribution in [1.29, 1.82) is 0 Å². The summed E-state index contributed by atoms with van der Waals surface area (Å²) in [6.07, 6.45) is 3.38. The molecule has 0 radical (unpaired) electrons. The van der Waals surface area contributed by atoms with E-state index in [-0.39, 0.29) is 18.8 Å². The van der Waals surface area contributed by atoms with Crippen LogP contribution in [0, 0.1) is 17.8 Å². The summed E-state index contributed by atoms with van der Waals surface area (Å²) >= 11 is 0. The lowest BCUT2D eigenvalue weighted by atomic mass is 9.75. The largest absolute Gasteiger partial charge is 0.395 e. The van der Waals surface area contributed by atoms with E-state index in [4.69, 9.17) is 0 Å². The van der Waals surface area contributed by atoms with Crippen molar-refractivity contribution < 1.29 is 10.2 Å². The molecular formula is C13H25N3O2. The minimum absolute atomic E-state index is 0.176. The molecule has 0 spiro atoms. The number of hydrogen-bond acceptors (Lipinski definition) is 5. The van der Waals surface area contributed by atoms with Gasteiger partial charge in [0, 0.05) is 19.1 Å². The summed E-state index contributed by atoms with van der Waals surface area (Å²) in [6, 6.07) is 0.257. The van der Waals surface area contributed by atoms with E-state index in [1.165, 1.54) is 6.42 Å². The van der Waals surface area contributed by atoms with Gasteiger partial charge in [-0.25, -0.2) is 0 Å². The minimum atomic E-state index is -0.176. The summed E-state index contributed by atoms with van der Waals surface area (Å²) in [7, 11) is 0. The highest BCUT2D eigenvalue weighted by molar-refractivity contribution is 4.98. The van der Waals surface area contributed by atoms with Crippen molar-refractivity contribution in [3.63, 3.8) is 0 Å². The van der Waals surface area contributed by atoms with Gasteiger partial charge < -0.3 is 20.8 Å². The lowest BCUT2D eigenvalue weighted by Gasteiger charge is -2.38. The van der Waals surface area contributed by atoms with Gasteiger partial charge in [0.05, 0.1) is 18.9 Å². The van der Waals surface area contributed by atoms with Crippen LogP contribution in [0.3, 0.4) is 0 Å². The number of β-amino-alcohol motifs (C(OH)–C–C–N with tert-alkyl or cyclic N) is 1. The normalized spacial score (nSPS) is 49.0. The smallest absolute Gasteiger partial charge is 0.0667 e. The monoisotopic (exact) mass is 255 g/mol. The van der Waals surface area contributed by atoms with E-state index in [9.17, 15) is 10.2 Å². The van der Waals surface area contributed by atoms with Crippen molar-refractivity contribution in [3.05, 3.63) is 0 Å². The Labute approximate surface area is 108 Å². The van der Waals surface area contributed by atoms with Crippen molar-refractivity contribution in [1.82, 2.24) is 16.0 Å². The molecule has 3 aliphatic rings. The molecule has 3 aliphatic heterocycles. The second kappa shape index (κ2) is 5.43. The van der Waals surface area contributed by atoms with Crippen LogP contribution >= 0.6 is 0 Å². The standard InChI is InChI=1S/C13H25N3O2/c17-7-9-1-2-11-12(6-15-13(11)16-9)8-3-10(18)5-14-4-8/h8-18H,1-7H2/t8?,9?,10-,11?,12?,13?/m1/s1. The molecule has 5 N–H and O–H groups in total. The van der Waals surface area contributed by atoms with Crippen LogP contribution in [-0.2, 0) is 0 Å². The first-order valence-corrected chi connectivity index (χ1v) is 7.27. The predicted octanol–water partition coefficient (Wildman–Crippen LogP) is -1.14. The fraction of sp³-hybridized carbons (Fsp3) is 1.00. The molecule has 3 heterocycles. The van der Waals surface area contributed by atoms with E-state index in [2.05, 4.69) is 16.0 Å². The van der Waals surface area contributed by atoms with Gasteiger partial charge in [0.25, 0.3) is 0 Å². The zero-order valence-electron chi connectivity index (χ0n) is 10.8. The second-order valence-electron chi connectivity index (χ2n) is 6.14. The lowest BCUT2D eigenvalue weighted by Crippen LogP contribution is -2.53. The lowest BCUT2D eigenvalue weighted by molar-refractivity contribution is 0.0732. The molecule has 3 saturated heterocycles. The Morgan fingerprint density at radius 3 is 2.72 bits per heavy atom. The van der Waals surface area contributed by atoms with Gasteiger partial charge in [-0.3, -0.25) is 5.32 Å². The fourth-order valence-corrected chi connectivity index (χ4v) is 4.05. The number of aliphatic hydroxyl groups excluding tert-OH is 2. The van der Waals surface area contributed by atoms with E-state index in [0.29, 0.717) is 23.9 Å². The average molecular weight is 255 g/mol. The van der Waals surface area contributed by atoms with Crippen molar-refractivity contribution in [2.75, 3.05) is 26.2 Å². The molecular weight excluding hydrogens is 230 g/mol. The maximum absolute atomic E-state index is 9.78. The molecule has 0 aromatic carbocycles. The van der Waals surface area contributed by atoms with Gasteiger partial charge in [-0.15, -0.1) is 0 Å². The molecule has 18 heavy (non-hydrogen) atoms. The summed E-state index contributed by atoms with van der Waals surface area (Å²) in [4.78, 5) is 0. The van der Waals surface area contributed by atoms with Crippen molar-refractivity contribution in [3.8, 4) is 0 Å². The molecule has 0 bridgehead atoms. The molecule has 6 atom stereocenters. The highest BCUT2D eigenvalue weighted by Gasteiger charge is 2.43. The third kappa shape index (κ3) is 2.42. The minimum Gasteiger partial charge on any atom is -0.395 e. The van der Waals surface area contributed by atoms with Crippen LogP contribution < -0.4 is 16.0 Å². The molecule has 0 aromatic heterocycles. The van der Waals surface area contributed by atoms with Gasteiger partial charge in [-0.1, -0.05) is 0 Å². The van der Waals surface area contributed by atoms with Crippen LogP contribution in [0.4, 0.5) is 0 Å².